The van der Waals surface area contributed by atoms with Crippen LogP contribution in [0.25, 0.3) is 0 Å². The molecule has 0 radical (unpaired) electrons. The SMILES string of the molecule is CC(C)=CCC\C(C)=C/C=C/C(C)=C\C=C\C(C)=C/C=C\C=C(C)/C=C/C=C(C)\C=C\C=C(\C)CCC=C(C)C. The first-order valence-electron chi connectivity index (χ1n) is 14.7. The molecule has 0 aliphatic heterocycles. The largest absolute Gasteiger partial charge is 0.0856 e. The van der Waals surface area contributed by atoms with Gasteiger partial charge in [-0.1, -0.05) is 154 Å². The molecule has 0 saturated heterocycles. The van der Waals surface area contributed by atoms with Gasteiger partial charge in [-0.05, 0) is 94.9 Å². The smallest absolute Gasteiger partial charge is 0.0285 e. The molecule has 0 bridgehead atoms. The lowest BCUT2D eigenvalue weighted by Crippen LogP contribution is -1.76. The highest BCUT2D eigenvalue weighted by molar-refractivity contribution is 5.32. The Bertz CT molecular complexity index is 1050. The van der Waals surface area contributed by atoms with Gasteiger partial charge in [-0.3, -0.25) is 0 Å². The van der Waals surface area contributed by atoms with Gasteiger partial charge in [0.05, 0.1) is 0 Å². The summed E-state index contributed by atoms with van der Waals surface area (Å²) in [5.74, 6) is 0. The highest BCUT2D eigenvalue weighted by Crippen LogP contribution is 2.09. The van der Waals surface area contributed by atoms with Crippen molar-refractivity contribution in [2.45, 2.75) is 94.9 Å². The molecule has 0 aliphatic rings. The highest BCUT2D eigenvalue weighted by Gasteiger charge is 1.88. The van der Waals surface area contributed by atoms with Gasteiger partial charge in [-0.15, -0.1) is 0 Å². The lowest BCUT2D eigenvalue weighted by molar-refractivity contribution is 0.967. The summed E-state index contributed by atoms with van der Waals surface area (Å²) in [6.07, 6.45) is 43.3. The van der Waals surface area contributed by atoms with Gasteiger partial charge in [-0.25, -0.2) is 0 Å². The molecular formula is C40H56. The summed E-state index contributed by atoms with van der Waals surface area (Å²) in [5.41, 5.74) is 10.5. The van der Waals surface area contributed by atoms with Crippen LogP contribution < -0.4 is 0 Å². The molecule has 0 nitrogen and oxygen atoms in total. The molecule has 216 valence electrons. The van der Waals surface area contributed by atoms with Crippen molar-refractivity contribution in [3.63, 3.8) is 0 Å². The molecule has 0 aromatic heterocycles. The molecule has 0 atom stereocenters. The predicted octanol–water partition coefficient (Wildman–Crippen LogP) is 12.9. The first-order valence-corrected chi connectivity index (χ1v) is 14.7. The zero-order valence-corrected chi connectivity index (χ0v) is 27.2. The molecule has 0 unspecified atom stereocenters. The van der Waals surface area contributed by atoms with E-state index in [9.17, 15) is 0 Å². The Hall–Kier alpha value is -3.38. The summed E-state index contributed by atoms with van der Waals surface area (Å²) in [5, 5.41) is 0. The fourth-order valence-corrected chi connectivity index (χ4v) is 3.41. The van der Waals surface area contributed by atoms with E-state index in [1.807, 2.05) is 0 Å². The van der Waals surface area contributed by atoms with Gasteiger partial charge < -0.3 is 0 Å². The molecule has 0 aliphatic carbocycles. The summed E-state index contributed by atoms with van der Waals surface area (Å²) in [6, 6.07) is 0. The quantitative estimate of drug-likeness (QED) is 0.136. The zero-order chi connectivity index (χ0) is 30.2. The molecule has 40 heavy (non-hydrogen) atoms. The molecule has 0 heteroatoms. The van der Waals surface area contributed by atoms with Gasteiger partial charge in [0.1, 0.15) is 0 Å². The zero-order valence-electron chi connectivity index (χ0n) is 27.2. The lowest BCUT2D eigenvalue weighted by atomic mass is 10.1. The molecule has 0 heterocycles. The van der Waals surface area contributed by atoms with Crippen molar-refractivity contribution in [1.82, 2.24) is 0 Å². The van der Waals surface area contributed by atoms with Crippen LogP contribution in [0, 0.1) is 0 Å². The van der Waals surface area contributed by atoms with Crippen molar-refractivity contribution in [3.8, 4) is 0 Å². The van der Waals surface area contributed by atoms with Crippen LogP contribution >= 0.6 is 0 Å². The Morgan fingerprint density at radius 3 is 0.925 bits per heavy atom. The van der Waals surface area contributed by atoms with Crippen LogP contribution in [0.15, 0.2) is 154 Å². The van der Waals surface area contributed by atoms with E-state index in [4.69, 9.17) is 0 Å². The van der Waals surface area contributed by atoms with Gasteiger partial charge in [0, 0.05) is 0 Å². The van der Waals surface area contributed by atoms with Crippen molar-refractivity contribution in [1.29, 1.82) is 0 Å². The standard InChI is InChI=1S/C40H56/c1-33(2)19-13-23-37(7)27-17-31-39(9)29-15-25-35(5)21-11-12-22-36(6)26-16-30-40(10)32-18-28-38(8)24-14-20-34(3)4/h11-12,15-22,25-32H,13-14,23-24H2,1-10H3/b12-11-,25-15+,26-16+,31-17+,32-18+,35-21-,36-22-,37-27-,38-28-,39-29-,40-30-. The molecule has 0 rings (SSSR count). The summed E-state index contributed by atoms with van der Waals surface area (Å²) in [6.45, 7) is 21.5. The second-order valence-electron chi connectivity index (χ2n) is 11.1. The van der Waals surface area contributed by atoms with E-state index in [0.29, 0.717) is 0 Å². The van der Waals surface area contributed by atoms with Crippen molar-refractivity contribution in [2.75, 3.05) is 0 Å². The monoisotopic (exact) mass is 536 g/mol. The highest BCUT2D eigenvalue weighted by atomic mass is 13.9. The van der Waals surface area contributed by atoms with E-state index in [1.54, 1.807) is 0 Å². The summed E-state index contributed by atoms with van der Waals surface area (Å²) >= 11 is 0. The van der Waals surface area contributed by atoms with Gasteiger partial charge >= 0.3 is 0 Å². The Morgan fingerprint density at radius 2 is 0.625 bits per heavy atom. The van der Waals surface area contributed by atoms with Crippen LogP contribution in [0.1, 0.15) is 94.9 Å². The molecule has 0 saturated carbocycles. The number of rotatable bonds is 16. The normalized spacial score (nSPS) is 15.1. The Kier molecular flexibility index (Phi) is 21.5. The average Bonchev–Trinajstić information content (AvgIpc) is 2.86. The minimum absolute atomic E-state index is 1.12. The van der Waals surface area contributed by atoms with E-state index >= 15 is 0 Å². The molecule has 0 fully saturated rings. The fraction of sp³-hybridized carbons (Fsp3) is 0.350. The maximum absolute atomic E-state index is 2.30. The molecule has 0 spiro atoms. The topological polar surface area (TPSA) is 0 Å². The third-order valence-corrected chi connectivity index (χ3v) is 5.93. The molecular weight excluding hydrogens is 480 g/mol. The number of hydrogen-bond donors (Lipinski definition) is 0. The first-order chi connectivity index (χ1) is 19.0. The fourth-order valence-electron chi connectivity index (χ4n) is 3.41. The summed E-state index contributed by atoms with van der Waals surface area (Å²) in [7, 11) is 0. The third kappa shape index (κ3) is 24.9. The van der Waals surface area contributed by atoms with Gasteiger partial charge in [0.25, 0.3) is 0 Å². The minimum Gasteiger partial charge on any atom is -0.0856 e. The van der Waals surface area contributed by atoms with Crippen molar-refractivity contribution in [3.05, 3.63) is 154 Å². The third-order valence-electron chi connectivity index (χ3n) is 5.93. The van der Waals surface area contributed by atoms with E-state index in [0.717, 1.165) is 25.7 Å². The van der Waals surface area contributed by atoms with Crippen LogP contribution in [0.3, 0.4) is 0 Å². The van der Waals surface area contributed by atoms with Gasteiger partial charge in [-0.2, -0.15) is 0 Å². The number of allylic oxidation sites excluding steroid dienone is 26. The van der Waals surface area contributed by atoms with Crippen LogP contribution in [-0.4, -0.2) is 0 Å². The molecule has 0 N–H and O–H groups in total. The Balaban J connectivity index is 4.70. The number of hydrogen-bond acceptors (Lipinski definition) is 0. The lowest BCUT2D eigenvalue weighted by Gasteiger charge is -1.96. The summed E-state index contributed by atoms with van der Waals surface area (Å²) in [4.78, 5) is 0. The minimum atomic E-state index is 1.12. The second kappa shape index (κ2) is 23.5. The van der Waals surface area contributed by atoms with Gasteiger partial charge in [0.2, 0.25) is 0 Å². The van der Waals surface area contributed by atoms with Crippen molar-refractivity contribution in [2.24, 2.45) is 0 Å². The Labute approximate surface area is 248 Å². The van der Waals surface area contributed by atoms with Crippen LogP contribution in [-0.2, 0) is 0 Å². The van der Waals surface area contributed by atoms with Crippen molar-refractivity contribution < 1.29 is 0 Å². The van der Waals surface area contributed by atoms with Crippen molar-refractivity contribution >= 4 is 0 Å². The Morgan fingerprint density at radius 1 is 0.350 bits per heavy atom. The molecule has 0 aromatic rings. The molecule has 0 aromatic carbocycles. The van der Waals surface area contributed by atoms with E-state index < -0.39 is 0 Å². The first kappa shape index (κ1) is 36.6. The molecule has 0 amide bonds. The average molecular weight is 537 g/mol. The van der Waals surface area contributed by atoms with E-state index in [1.165, 1.54) is 44.6 Å². The van der Waals surface area contributed by atoms with Gasteiger partial charge in [0.15, 0.2) is 0 Å². The maximum Gasteiger partial charge on any atom is -0.0285 e. The van der Waals surface area contributed by atoms with E-state index in [-0.39, 0.29) is 0 Å². The van der Waals surface area contributed by atoms with Crippen LogP contribution in [0.2, 0.25) is 0 Å². The van der Waals surface area contributed by atoms with Crippen LogP contribution in [0.4, 0.5) is 0 Å². The second-order valence-corrected chi connectivity index (χ2v) is 11.1. The predicted molar refractivity (Wildman–Crippen MR) is 186 cm³/mol. The van der Waals surface area contributed by atoms with Crippen LogP contribution in [0.5, 0.6) is 0 Å². The maximum atomic E-state index is 2.30. The summed E-state index contributed by atoms with van der Waals surface area (Å²) < 4.78 is 0. The van der Waals surface area contributed by atoms with E-state index in [2.05, 4.69) is 179 Å².